The summed E-state index contributed by atoms with van der Waals surface area (Å²) in [5.41, 5.74) is 2.55. The van der Waals surface area contributed by atoms with Gasteiger partial charge in [-0.15, -0.1) is 11.3 Å². The third-order valence-corrected chi connectivity index (χ3v) is 7.03. The number of benzene rings is 1. The van der Waals surface area contributed by atoms with Gasteiger partial charge in [-0.1, -0.05) is 12.1 Å². The molecule has 3 heterocycles. The molecule has 128 valence electrons. The van der Waals surface area contributed by atoms with E-state index in [-0.39, 0.29) is 0 Å². The first-order valence-electron chi connectivity index (χ1n) is 8.11. The standard InChI is InChI=1S/C18H17N3O2S2/c22-25(23,21-9-1-2-10-21)16-7-3-5-14(11-16)17-13-24-18(20-17)15-6-4-8-19-12-15/h3-8,11-13H,1-2,9-10H2. The third kappa shape index (κ3) is 3.22. The molecule has 1 saturated heterocycles. The van der Waals surface area contributed by atoms with E-state index in [1.807, 2.05) is 23.6 Å². The van der Waals surface area contributed by atoms with Crippen molar-refractivity contribution in [2.75, 3.05) is 13.1 Å². The molecule has 2 aromatic heterocycles. The Morgan fingerprint density at radius 2 is 1.84 bits per heavy atom. The van der Waals surface area contributed by atoms with Gasteiger partial charge in [-0.05, 0) is 37.1 Å². The maximum atomic E-state index is 12.7. The van der Waals surface area contributed by atoms with Crippen LogP contribution < -0.4 is 0 Å². The number of aromatic nitrogens is 2. The van der Waals surface area contributed by atoms with Crippen LogP contribution in [-0.4, -0.2) is 35.8 Å². The summed E-state index contributed by atoms with van der Waals surface area (Å²) in [6.45, 7) is 1.21. The van der Waals surface area contributed by atoms with Gasteiger partial charge in [0.25, 0.3) is 0 Å². The van der Waals surface area contributed by atoms with Gasteiger partial charge < -0.3 is 0 Å². The van der Waals surface area contributed by atoms with Crippen LogP contribution in [0.2, 0.25) is 0 Å². The van der Waals surface area contributed by atoms with Crippen LogP contribution in [0, 0.1) is 0 Å². The quantitative estimate of drug-likeness (QED) is 0.702. The van der Waals surface area contributed by atoms with Crippen LogP contribution >= 0.6 is 11.3 Å². The van der Waals surface area contributed by atoms with E-state index in [9.17, 15) is 8.42 Å². The minimum absolute atomic E-state index is 0.336. The number of thiazole rings is 1. The Kier molecular flexibility index (Phi) is 4.37. The molecule has 0 bridgehead atoms. The molecule has 1 aromatic carbocycles. The molecule has 0 atom stereocenters. The van der Waals surface area contributed by atoms with Gasteiger partial charge in [0, 0.05) is 42.0 Å². The summed E-state index contributed by atoms with van der Waals surface area (Å²) in [5.74, 6) is 0. The first kappa shape index (κ1) is 16.4. The molecule has 1 aliphatic heterocycles. The normalized spacial score (nSPS) is 15.5. The molecule has 4 rings (SSSR count). The van der Waals surface area contributed by atoms with Crippen LogP contribution in [0.1, 0.15) is 12.8 Å². The summed E-state index contributed by atoms with van der Waals surface area (Å²) in [6, 6.07) is 10.9. The lowest BCUT2D eigenvalue weighted by Gasteiger charge is -2.15. The van der Waals surface area contributed by atoms with Crippen molar-refractivity contribution in [1.29, 1.82) is 0 Å². The number of pyridine rings is 1. The first-order chi connectivity index (χ1) is 12.1. The van der Waals surface area contributed by atoms with Crippen molar-refractivity contribution < 1.29 is 8.42 Å². The van der Waals surface area contributed by atoms with E-state index in [2.05, 4.69) is 9.97 Å². The Hall–Kier alpha value is -2.09. The highest BCUT2D eigenvalue weighted by atomic mass is 32.2. The summed E-state index contributed by atoms with van der Waals surface area (Å²) in [7, 11) is -3.42. The second kappa shape index (κ2) is 6.67. The van der Waals surface area contributed by atoms with Crippen molar-refractivity contribution in [1.82, 2.24) is 14.3 Å². The molecule has 7 heteroatoms. The highest BCUT2D eigenvalue weighted by Crippen LogP contribution is 2.30. The number of hydrogen-bond donors (Lipinski definition) is 0. The lowest BCUT2D eigenvalue weighted by Crippen LogP contribution is -2.27. The summed E-state index contributed by atoms with van der Waals surface area (Å²) in [5, 5.41) is 2.82. The summed E-state index contributed by atoms with van der Waals surface area (Å²) in [6.07, 6.45) is 5.36. The zero-order valence-electron chi connectivity index (χ0n) is 13.5. The molecule has 0 spiro atoms. The summed E-state index contributed by atoms with van der Waals surface area (Å²) in [4.78, 5) is 9.09. The zero-order valence-corrected chi connectivity index (χ0v) is 15.1. The van der Waals surface area contributed by atoms with Gasteiger partial charge in [0.15, 0.2) is 0 Å². The molecule has 25 heavy (non-hydrogen) atoms. The fourth-order valence-electron chi connectivity index (χ4n) is 2.92. The van der Waals surface area contributed by atoms with E-state index in [4.69, 9.17) is 0 Å². The lowest BCUT2D eigenvalue weighted by molar-refractivity contribution is 0.477. The molecule has 0 unspecified atom stereocenters. The molecule has 5 nitrogen and oxygen atoms in total. The minimum atomic E-state index is -3.42. The maximum Gasteiger partial charge on any atom is 0.243 e. The van der Waals surface area contributed by atoms with Crippen LogP contribution in [-0.2, 0) is 10.0 Å². The number of sulfonamides is 1. The summed E-state index contributed by atoms with van der Waals surface area (Å²) >= 11 is 1.53. The van der Waals surface area contributed by atoms with Gasteiger partial charge in [0.1, 0.15) is 5.01 Å². The topological polar surface area (TPSA) is 63.2 Å². The molecular weight excluding hydrogens is 354 g/mol. The molecular formula is C18H17N3O2S2. The number of nitrogens with zero attached hydrogens (tertiary/aromatic N) is 3. The molecule has 1 fully saturated rings. The number of hydrogen-bond acceptors (Lipinski definition) is 5. The van der Waals surface area contributed by atoms with E-state index in [1.54, 1.807) is 34.9 Å². The van der Waals surface area contributed by atoms with Crippen LogP contribution in [0.3, 0.4) is 0 Å². The lowest BCUT2D eigenvalue weighted by atomic mass is 10.2. The Morgan fingerprint density at radius 3 is 2.60 bits per heavy atom. The second-order valence-electron chi connectivity index (χ2n) is 5.92. The summed E-state index contributed by atoms with van der Waals surface area (Å²) < 4.78 is 27.1. The van der Waals surface area contributed by atoms with Gasteiger partial charge >= 0.3 is 0 Å². The van der Waals surface area contributed by atoms with Crippen molar-refractivity contribution in [2.45, 2.75) is 17.7 Å². The van der Waals surface area contributed by atoms with Gasteiger partial charge in [0.05, 0.1) is 10.6 Å². The molecule has 0 saturated carbocycles. The van der Waals surface area contributed by atoms with Crippen molar-refractivity contribution in [3.63, 3.8) is 0 Å². The predicted octanol–water partition coefficient (Wildman–Crippen LogP) is 3.66. The monoisotopic (exact) mass is 371 g/mol. The Morgan fingerprint density at radius 1 is 1.04 bits per heavy atom. The maximum absolute atomic E-state index is 12.7. The van der Waals surface area contributed by atoms with Crippen molar-refractivity contribution >= 4 is 21.4 Å². The second-order valence-corrected chi connectivity index (χ2v) is 8.71. The van der Waals surface area contributed by atoms with Crippen molar-refractivity contribution in [2.24, 2.45) is 0 Å². The number of rotatable bonds is 4. The fourth-order valence-corrected chi connectivity index (χ4v) is 5.31. The Bertz CT molecular complexity index is 978. The third-order valence-electron chi connectivity index (χ3n) is 4.25. The van der Waals surface area contributed by atoms with Gasteiger partial charge in [-0.2, -0.15) is 4.31 Å². The fraction of sp³-hybridized carbons (Fsp3) is 0.222. The van der Waals surface area contributed by atoms with Gasteiger partial charge in [-0.25, -0.2) is 13.4 Å². The molecule has 0 radical (unpaired) electrons. The molecule has 0 N–H and O–H groups in total. The Labute approximate surface area is 151 Å². The highest BCUT2D eigenvalue weighted by Gasteiger charge is 2.27. The average Bonchev–Trinajstić information content (AvgIpc) is 3.35. The van der Waals surface area contributed by atoms with E-state index < -0.39 is 10.0 Å². The SMILES string of the molecule is O=S(=O)(c1cccc(-c2csc(-c3cccnc3)n2)c1)N1CCCC1. The van der Waals surface area contributed by atoms with Crippen LogP contribution in [0.25, 0.3) is 21.8 Å². The van der Waals surface area contributed by atoms with E-state index in [0.29, 0.717) is 18.0 Å². The highest BCUT2D eigenvalue weighted by molar-refractivity contribution is 7.89. The molecule has 3 aromatic rings. The molecule has 1 aliphatic rings. The van der Waals surface area contributed by atoms with Gasteiger partial charge in [0.2, 0.25) is 10.0 Å². The van der Waals surface area contributed by atoms with Crippen LogP contribution in [0.5, 0.6) is 0 Å². The average molecular weight is 371 g/mol. The van der Waals surface area contributed by atoms with Crippen LogP contribution in [0.4, 0.5) is 0 Å². The molecule has 0 aliphatic carbocycles. The van der Waals surface area contributed by atoms with E-state index in [1.165, 1.54) is 11.3 Å². The van der Waals surface area contributed by atoms with E-state index >= 15 is 0 Å². The zero-order chi connectivity index (χ0) is 17.3. The largest absolute Gasteiger partial charge is 0.264 e. The van der Waals surface area contributed by atoms with Crippen molar-refractivity contribution in [3.8, 4) is 21.8 Å². The van der Waals surface area contributed by atoms with E-state index in [0.717, 1.165) is 34.7 Å². The minimum Gasteiger partial charge on any atom is -0.264 e. The Balaban J connectivity index is 1.67. The van der Waals surface area contributed by atoms with Gasteiger partial charge in [-0.3, -0.25) is 4.98 Å². The van der Waals surface area contributed by atoms with Crippen molar-refractivity contribution in [3.05, 3.63) is 54.2 Å². The van der Waals surface area contributed by atoms with Crippen LogP contribution in [0.15, 0.2) is 59.1 Å². The first-order valence-corrected chi connectivity index (χ1v) is 10.4. The smallest absolute Gasteiger partial charge is 0.243 e. The predicted molar refractivity (Wildman–Crippen MR) is 98.8 cm³/mol. The molecule has 0 amide bonds.